The van der Waals surface area contributed by atoms with Gasteiger partial charge in [0, 0.05) is 18.9 Å². The van der Waals surface area contributed by atoms with E-state index in [1.807, 2.05) is 6.92 Å². The number of methoxy groups -OCH3 is 1. The molecule has 130 valence electrons. The van der Waals surface area contributed by atoms with Crippen LogP contribution in [0.15, 0.2) is 0 Å². The van der Waals surface area contributed by atoms with E-state index in [1.165, 1.54) is 14.0 Å². The number of esters is 1. The van der Waals surface area contributed by atoms with Crippen molar-refractivity contribution >= 4 is 23.8 Å². The molecular weight excluding hydrogens is 304 g/mol. The topological polar surface area (TPSA) is 102 Å². The van der Waals surface area contributed by atoms with Crippen molar-refractivity contribution in [3.63, 3.8) is 0 Å². The molecular formula is C15H24N2O6. The van der Waals surface area contributed by atoms with Crippen molar-refractivity contribution in [2.45, 2.75) is 39.2 Å². The van der Waals surface area contributed by atoms with Crippen LogP contribution in [0.25, 0.3) is 0 Å². The van der Waals surface area contributed by atoms with Gasteiger partial charge in [0.2, 0.25) is 5.91 Å². The van der Waals surface area contributed by atoms with Crippen LogP contribution in [0.2, 0.25) is 0 Å². The van der Waals surface area contributed by atoms with Crippen LogP contribution in [-0.2, 0) is 23.9 Å². The zero-order chi connectivity index (χ0) is 17.4. The number of ether oxygens (including phenoxy) is 2. The summed E-state index contributed by atoms with van der Waals surface area (Å²) in [5.41, 5.74) is 0. The minimum Gasteiger partial charge on any atom is -0.460 e. The van der Waals surface area contributed by atoms with Gasteiger partial charge < -0.3 is 24.5 Å². The summed E-state index contributed by atoms with van der Waals surface area (Å²) >= 11 is 0. The van der Waals surface area contributed by atoms with Gasteiger partial charge in [-0.15, -0.1) is 0 Å². The van der Waals surface area contributed by atoms with E-state index in [2.05, 4.69) is 10.1 Å². The lowest BCUT2D eigenvalue weighted by Crippen LogP contribution is -2.39. The number of Topliss-reactive ketones (excluding diaryl/α,β-unsaturated/α-hetero) is 1. The maximum atomic E-state index is 12.0. The van der Waals surface area contributed by atoms with E-state index in [0.29, 0.717) is 13.1 Å². The van der Waals surface area contributed by atoms with Crippen LogP contribution in [0.5, 0.6) is 0 Å². The molecule has 1 rings (SSSR count). The average Bonchev–Trinajstić information content (AvgIpc) is 2.93. The van der Waals surface area contributed by atoms with Crippen molar-refractivity contribution in [3.05, 3.63) is 0 Å². The second-order valence-corrected chi connectivity index (χ2v) is 5.54. The molecule has 0 aromatic rings. The summed E-state index contributed by atoms with van der Waals surface area (Å²) in [7, 11) is 1.22. The summed E-state index contributed by atoms with van der Waals surface area (Å²) in [5.74, 6) is -0.689. The first-order chi connectivity index (χ1) is 10.9. The number of amides is 2. The fourth-order valence-corrected chi connectivity index (χ4v) is 2.41. The minimum absolute atomic E-state index is 0.0540. The third-order valence-electron chi connectivity index (χ3n) is 3.79. The lowest BCUT2D eigenvalue weighted by atomic mass is 10.0. The Morgan fingerprint density at radius 2 is 1.87 bits per heavy atom. The van der Waals surface area contributed by atoms with Gasteiger partial charge in [-0.1, -0.05) is 6.92 Å². The Hall–Kier alpha value is -2.12. The number of alkyl carbamates (subject to hydrolysis) is 1. The Labute approximate surface area is 135 Å². The molecule has 0 radical (unpaired) electrons. The van der Waals surface area contributed by atoms with Crippen LogP contribution in [0, 0.1) is 5.92 Å². The van der Waals surface area contributed by atoms with Crippen LogP contribution >= 0.6 is 0 Å². The zero-order valence-electron chi connectivity index (χ0n) is 13.8. The molecule has 0 unspecified atom stereocenters. The highest BCUT2D eigenvalue weighted by Crippen LogP contribution is 2.23. The molecule has 0 spiro atoms. The van der Waals surface area contributed by atoms with Gasteiger partial charge in [-0.3, -0.25) is 9.59 Å². The first-order valence-electron chi connectivity index (χ1n) is 7.65. The Bertz CT molecular complexity index is 465. The normalized spacial score (nSPS) is 20.0. The molecule has 8 heteroatoms. The molecule has 0 aromatic heterocycles. The third-order valence-corrected chi connectivity index (χ3v) is 3.79. The summed E-state index contributed by atoms with van der Waals surface area (Å²) in [5, 5.41) is 2.33. The van der Waals surface area contributed by atoms with Crippen LogP contribution in [0.4, 0.5) is 4.79 Å². The Balaban J connectivity index is 2.49. The third kappa shape index (κ3) is 6.25. The van der Waals surface area contributed by atoms with Crippen molar-refractivity contribution in [1.82, 2.24) is 10.2 Å². The second-order valence-electron chi connectivity index (χ2n) is 5.54. The quantitative estimate of drug-likeness (QED) is 0.683. The molecule has 1 aliphatic rings. The smallest absolute Gasteiger partial charge is 0.407 e. The number of nitrogens with one attached hydrogen (secondary N) is 1. The molecule has 1 aliphatic heterocycles. The highest BCUT2D eigenvalue weighted by Gasteiger charge is 2.36. The predicted molar refractivity (Wildman–Crippen MR) is 80.6 cm³/mol. The van der Waals surface area contributed by atoms with Crippen LogP contribution in [0.1, 0.15) is 33.1 Å². The zero-order valence-corrected chi connectivity index (χ0v) is 13.8. The molecule has 2 amide bonds. The first-order valence-corrected chi connectivity index (χ1v) is 7.65. The minimum atomic E-state index is -0.670. The van der Waals surface area contributed by atoms with E-state index in [9.17, 15) is 19.2 Å². The maximum absolute atomic E-state index is 12.0. The number of hydrogen-bond donors (Lipinski definition) is 1. The van der Waals surface area contributed by atoms with Crippen LogP contribution in [0.3, 0.4) is 0 Å². The largest absolute Gasteiger partial charge is 0.460 e. The van der Waals surface area contributed by atoms with Crippen LogP contribution < -0.4 is 5.32 Å². The number of rotatable bonds is 7. The molecule has 0 aromatic carbocycles. The summed E-state index contributed by atoms with van der Waals surface area (Å²) in [4.78, 5) is 47.2. The van der Waals surface area contributed by atoms with Gasteiger partial charge in [0.15, 0.2) is 0 Å². The lowest BCUT2D eigenvalue weighted by Gasteiger charge is -2.17. The molecule has 0 aliphatic carbocycles. The van der Waals surface area contributed by atoms with Gasteiger partial charge >= 0.3 is 12.1 Å². The first kappa shape index (κ1) is 18.9. The highest BCUT2D eigenvalue weighted by molar-refractivity contribution is 5.83. The molecule has 23 heavy (non-hydrogen) atoms. The number of nitrogens with zero attached hydrogens (tertiary/aromatic N) is 1. The molecule has 0 saturated carbocycles. The molecule has 2 atom stereocenters. The van der Waals surface area contributed by atoms with Gasteiger partial charge in [-0.25, -0.2) is 4.79 Å². The van der Waals surface area contributed by atoms with E-state index in [-0.39, 0.29) is 43.1 Å². The fourth-order valence-electron chi connectivity index (χ4n) is 2.41. The molecule has 1 N–H and O–H groups in total. The maximum Gasteiger partial charge on any atom is 0.407 e. The van der Waals surface area contributed by atoms with E-state index in [4.69, 9.17) is 4.74 Å². The van der Waals surface area contributed by atoms with Crippen molar-refractivity contribution < 1.29 is 28.7 Å². The second kappa shape index (κ2) is 9.12. The average molecular weight is 328 g/mol. The molecule has 1 heterocycles. The van der Waals surface area contributed by atoms with E-state index in [1.54, 1.807) is 4.90 Å². The van der Waals surface area contributed by atoms with Crippen molar-refractivity contribution in [3.8, 4) is 0 Å². The van der Waals surface area contributed by atoms with Crippen molar-refractivity contribution in [1.29, 1.82) is 0 Å². The SMILES string of the molecule is CC[C@@H]1CN(C(=O)CNC(=O)OC)C[C@@H]1OC(=O)CCC(C)=O. The van der Waals surface area contributed by atoms with Gasteiger partial charge in [-0.05, 0) is 13.3 Å². The monoisotopic (exact) mass is 328 g/mol. The number of likely N-dealkylation sites (tertiary alicyclic amines) is 1. The highest BCUT2D eigenvalue weighted by atomic mass is 16.5. The predicted octanol–water partition coefficient (Wildman–Crippen LogP) is 0.492. The standard InChI is InChI=1S/C15H24N2O6/c1-4-11-8-17(13(19)7-16-15(21)22-3)9-12(11)23-14(20)6-5-10(2)18/h11-12H,4-9H2,1-3H3,(H,16,21)/t11-,12+/m1/s1. The molecule has 0 bridgehead atoms. The summed E-state index contributed by atoms with van der Waals surface area (Å²) < 4.78 is 9.80. The van der Waals surface area contributed by atoms with Crippen molar-refractivity contribution in [2.24, 2.45) is 5.92 Å². The number of carbonyl (C=O) groups excluding carboxylic acids is 4. The lowest BCUT2D eigenvalue weighted by molar-refractivity contribution is -0.151. The van der Waals surface area contributed by atoms with Gasteiger partial charge in [0.1, 0.15) is 18.4 Å². The molecule has 8 nitrogen and oxygen atoms in total. The Morgan fingerprint density at radius 1 is 1.17 bits per heavy atom. The van der Waals surface area contributed by atoms with Crippen LogP contribution in [-0.4, -0.2) is 61.5 Å². The molecule has 1 saturated heterocycles. The van der Waals surface area contributed by atoms with Gasteiger partial charge in [0.25, 0.3) is 0 Å². The van der Waals surface area contributed by atoms with E-state index < -0.39 is 12.1 Å². The fraction of sp³-hybridized carbons (Fsp3) is 0.733. The summed E-state index contributed by atoms with van der Waals surface area (Å²) in [6, 6.07) is 0. The summed E-state index contributed by atoms with van der Waals surface area (Å²) in [6.07, 6.45) is -0.0640. The number of hydrogen-bond acceptors (Lipinski definition) is 6. The van der Waals surface area contributed by atoms with Gasteiger partial charge in [-0.2, -0.15) is 0 Å². The van der Waals surface area contributed by atoms with E-state index in [0.717, 1.165) is 6.42 Å². The molecule has 1 fully saturated rings. The Kier molecular flexibility index (Phi) is 7.50. The Morgan fingerprint density at radius 3 is 2.43 bits per heavy atom. The number of carbonyl (C=O) groups is 4. The van der Waals surface area contributed by atoms with E-state index >= 15 is 0 Å². The van der Waals surface area contributed by atoms with Crippen molar-refractivity contribution in [2.75, 3.05) is 26.7 Å². The summed E-state index contributed by atoms with van der Waals surface area (Å²) in [6.45, 7) is 4.00. The van der Waals surface area contributed by atoms with Gasteiger partial charge in [0.05, 0.1) is 20.1 Å². The number of ketones is 1.